The minimum atomic E-state index is -1.64. The summed E-state index contributed by atoms with van der Waals surface area (Å²) >= 11 is 3.18. The number of rotatable bonds is 6. The SMILES string of the molecule is CCOC(=O)C(C(=O)OCC)C(=O)c1ccc(Br)cn1. The highest BCUT2D eigenvalue weighted by Gasteiger charge is 2.38. The van der Waals surface area contributed by atoms with Crippen molar-refractivity contribution in [1.29, 1.82) is 0 Å². The van der Waals surface area contributed by atoms with Crippen LogP contribution in [-0.2, 0) is 19.1 Å². The maximum absolute atomic E-state index is 12.2. The molecule has 0 saturated heterocycles. The van der Waals surface area contributed by atoms with E-state index in [0.29, 0.717) is 4.47 Å². The Morgan fingerprint density at radius 1 is 1.15 bits per heavy atom. The second kappa shape index (κ2) is 7.74. The van der Waals surface area contributed by atoms with Gasteiger partial charge in [-0.1, -0.05) is 0 Å². The first kappa shape index (κ1) is 16.3. The van der Waals surface area contributed by atoms with Gasteiger partial charge in [-0.3, -0.25) is 19.4 Å². The number of aromatic nitrogens is 1. The summed E-state index contributed by atoms with van der Waals surface area (Å²) in [7, 11) is 0. The Morgan fingerprint density at radius 2 is 1.70 bits per heavy atom. The third-order valence-electron chi connectivity index (χ3n) is 2.29. The van der Waals surface area contributed by atoms with Crippen LogP contribution < -0.4 is 0 Å². The maximum atomic E-state index is 12.2. The average Bonchev–Trinajstić information content (AvgIpc) is 2.40. The minimum absolute atomic E-state index is 0.000642. The van der Waals surface area contributed by atoms with E-state index in [2.05, 4.69) is 20.9 Å². The molecule has 1 rings (SSSR count). The highest BCUT2D eigenvalue weighted by Crippen LogP contribution is 2.14. The molecule has 0 aliphatic carbocycles. The topological polar surface area (TPSA) is 82.6 Å². The Hall–Kier alpha value is -1.76. The molecule has 20 heavy (non-hydrogen) atoms. The van der Waals surface area contributed by atoms with Gasteiger partial charge < -0.3 is 9.47 Å². The summed E-state index contributed by atoms with van der Waals surface area (Å²) in [6.07, 6.45) is 1.40. The number of halogens is 1. The number of hydrogen-bond donors (Lipinski definition) is 0. The van der Waals surface area contributed by atoms with Crippen LogP contribution in [0.25, 0.3) is 0 Å². The van der Waals surface area contributed by atoms with Crippen LogP contribution in [-0.4, -0.2) is 35.9 Å². The monoisotopic (exact) mass is 343 g/mol. The van der Waals surface area contributed by atoms with Crippen LogP contribution in [0.2, 0.25) is 0 Å². The molecule has 7 heteroatoms. The molecule has 0 N–H and O–H groups in total. The van der Waals surface area contributed by atoms with Gasteiger partial charge in [-0.05, 0) is 41.9 Å². The molecular formula is C13H14BrNO5. The molecular weight excluding hydrogens is 330 g/mol. The van der Waals surface area contributed by atoms with E-state index < -0.39 is 23.6 Å². The average molecular weight is 344 g/mol. The first-order valence-corrected chi connectivity index (χ1v) is 6.79. The molecule has 0 atom stereocenters. The van der Waals surface area contributed by atoms with Crippen LogP contribution in [0.3, 0.4) is 0 Å². The van der Waals surface area contributed by atoms with Crippen molar-refractivity contribution < 1.29 is 23.9 Å². The molecule has 0 radical (unpaired) electrons. The zero-order valence-electron chi connectivity index (χ0n) is 11.1. The Bertz CT molecular complexity index is 482. The van der Waals surface area contributed by atoms with Crippen LogP contribution in [0.5, 0.6) is 0 Å². The Kier molecular flexibility index (Phi) is 6.30. The molecule has 0 fully saturated rings. The lowest BCUT2D eigenvalue weighted by atomic mass is 10.0. The lowest BCUT2D eigenvalue weighted by Crippen LogP contribution is -2.35. The summed E-state index contributed by atoms with van der Waals surface area (Å²) in [6.45, 7) is 3.30. The number of Topliss-reactive ketones (excluding diaryl/α,β-unsaturated/α-hetero) is 1. The fraction of sp³-hybridized carbons (Fsp3) is 0.385. The van der Waals surface area contributed by atoms with Crippen molar-refractivity contribution in [2.24, 2.45) is 5.92 Å². The number of hydrogen-bond acceptors (Lipinski definition) is 6. The van der Waals surface area contributed by atoms with Gasteiger partial charge in [0.25, 0.3) is 0 Å². The first-order valence-electron chi connectivity index (χ1n) is 6.00. The highest BCUT2D eigenvalue weighted by atomic mass is 79.9. The van der Waals surface area contributed by atoms with Crippen molar-refractivity contribution in [3.05, 3.63) is 28.5 Å². The first-order chi connectivity index (χ1) is 9.51. The van der Waals surface area contributed by atoms with Gasteiger partial charge in [0.1, 0.15) is 5.69 Å². The van der Waals surface area contributed by atoms with Gasteiger partial charge in [0.2, 0.25) is 11.7 Å². The van der Waals surface area contributed by atoms with Crippen LogP contribution in [0.4, 0.5) is 0 Å². The lowest BCUT2D eigenvalue weighted by Gasteiger charge is -2.12. The van der Waals surface area contributed by atoms with Crippen LogP contribution in [0, 0.1) is 5.92 Å². The van der Waals surface area contributed by atoms with E-state index in [1.165, 1.54) is 12.3 Å². The molecule has 0 unspecified atom stereocenters. The number of carbonyl (C=O) groups excluding carboxylic acids is 3. The van der Waals surface area contributed by atoms with E-state index >= 15 is 0 Å². The minimum Gasteiger partial charge on any atom is -0.465 e. The largest absolute Gasteiger partial charge is 0.465 e. The number of esters is 2. The van der Waals surface area contributed by atoms with Crippen molar-refractivity contribution in [2.75, 3.05) is 13.2 Å². The van der Waals surface area contributed by atoms with Gasteiger partial charge in [0.15, 0.2) is 0 Å². The fourth-order valence-corrected chi connectivity index (χ4v) is 1.67. The van der Waals surface area contributed by atoms with Crippen molar-refractivity contribution in [3.8, 4) is 0 Å². The number of pyridine rings is 1. The van der Waals surface area contributed by atoms with Crippen LogP contribution >= 0.6 is 15.9 Å². The Balaban J connectivity index is 3.03. The molecule has 1 aromatic heterocycles. The molecule has 0 saturated carbocycles. The zero-order valence-corrected chi connectivity index (χ0v) is 12.7. The molecule has 0 spiro atoms. The quantitative estimate of drug-likeness (QED) is 0.444. The molecule has 0 bridgehead atoms. The molecule has 0 aliphatic heterocycles. The number of nitrogens with zero attached hydrogens (tertiary/aromatic N) is 1. The van der Waals surface area contributed by atoms with E-state index in [-0.39, 0.29) is 18.9 Å². The molecule has 0 aliphatic rings. The van der Waals surface area contributed by atoms with Gasteiger partial charge in [0.05, 0.1) is 13.2 Å². The van der Waals surface area contributed by atoms with Crippen molar-refractivity contribution in [3.63, 3.8) is 0 Å². The highest BCUT2D eigenvalue weighted by molar-refractivity contribution is 9.10. The molecule has 108 valence electrons. The molecule has 6 nitrogen and oxygen atoms in total. The lowest BCUT2D eigenvalue weighted by molar-refractivity contribution is -0.158. The van der Waals surface area contributed by atoms with Crippen molar-refractivity contribution in [1.82, 2.24) is 4.98 Å². The number of ether oxygens (including phenoxy) is 2. The van der Waals surface area contributed by atoms with E-state index in [1.54, 1.807) is 19.9 Å². The van der Waals surface area contributed by atoms with E-state index in [9.17, 15) is 14.4 Å². The predicted molar refractivity (Wildman–Crippen MR) is 73.0 cm³/mol. The fourth-order valence-electron chi connectivity index (χ4n) is 1.43. The Labute approximate surface area is 124 Å². The third kappa shape index (κ3) is 4.12. The third-order valence-corrected chi connectivity index (χ3v) is 2.76. The van der Waals surface area contributed by atoms with Crippen LogP contribution in [0.1, 0.15) is 24.3 Å². The summed E-state index contributed by atoms with van der Waals surface area (Å²) in [5.41, 5.74) is -0.000642. The van der Waals surface area contributed by atoms with Crippen LogP contribution in [0.15, 0.2) is 22.8 Å². The van der Waals surface area contributed by atoms with Crippen molar-refractivity contribution in [2.45, 2.75) is 13.8 Å². The summed E-state index contributed by atoms with van der Waals surface area (Å²) in [6, 6.07) is 3.01. The maximum Gasteiger partial charge on any atom is 0.328 e. The summed E-state index contributed by atoms with van der Waals surface area (Å²) < 4.78 is 10.2. The zero-order chi connectivity index (χ0) is 15.1. The number of carbonyl (C=O) groups is 3. The van der Waals surface area contributed by atoms with Crippen molar-refractivity contribution >= 4 is 33.7 Å². The van der Waals surface area contributed by atoms with E-state index in [0.717, 1.165) is 0 Å². The van der Waals surface area contributed by atoms with E-state index in [4.69, 9.17) is 9.47 Å². The second-order valence-corrected chi connectivity index (χ2v) is 4.58. The summed E-state index contributed by atoms with van der Waals surface area (Å²) in [5.74, 6) is -4.24. The Morgan fingerprint density at radius 3 is 2.10 bits per heavy atom. The normalized spacial score (nSPS) is 10.2. The van der Waals surface area contributed by atoms with E-state index in [1.807, 2.05) is 0 Å². The second-order valence-electron chi connectivity index (χ2n) is 3.66. The summed E-state index contributed by atoms with van der Waals surface area (Å²) in [4.78, 5) is 39.6. The molecule has 1 heterocycles. The van der Waals surface area contributed by atoms with Gasteiger partial charge in [-0.25, -0.2) is 0 Å². The molecule has 0 amide bonds. The molecule has 1 aromatic rings. The smallest absolute Gasteiger partial charge is 0.328 e. The van der Waals surface area contributed by atoms with Gasteiger partial charge in [-0.15, -0.1) is 0 Å². The predicted octanol–water partition coefficient (Wildman–Crippen LogP) is 1.77. The summed E-state index contributed by atoms with van der Waals surface area (Å²) in [5, 5.41) is 0. The standard InChI is InChI=1S/C13H14BrNO5/c1-3-19-12(17)10(13(18)20-4-2)11(16)9-6-5-8(14)7-15-9/h5-7,10H,3-4H2,1-2H3. The molecule has 0 aromatic carbocycles. The van der Waals surface area contributed by atoms with Gasteiger partial charge in [0, 0.05) is 10.7 Å². The number of ketones is 1. The van der Waals surface area contributed by atoms with Gasteiger partial charge >= 0.3 is 11.9 Å². The van der Waals surface area contributed by atoms with Gasteiger partial charge in [-0.2, -0.15) is 0 Å².